The number of guanidine groups is 1. The van der Waals surface area contributed by atoms with Crippen LogP contribution in [0.5, 0.6) is 11.5 Å². The first-order chi connectivity index (χ1) is 12.2. The predicted octanol–water partition coefficient (Wildman–Crippen LogP) is 2.88. The Kier molecular flexibility index (Phi) is 8.56. The van der Waals surface area contributed by atoms with Crippen molar-refractivity contribution in [3.05, 3.63) is 22.7 Å². The summed E-state index contributed by atoms with van der Waals surface area (Å²) in [7, 11) is 1.79. The van der Waals surface area contributed by atoms with E-state index in [-0.39, 0.29) is 24.0 Å². The third kappa shape index (κ3) is 5.29. The van der Waals surface area contributed by atoms with Gasteiger partial charge in [-0.15, -0.1) is 24.0 Å². The minimum absolute atomic E-state index is 0. The van der Waals surface area contributed by atoms with Gasteiger partial charge in [0.25, 0.3) is 0 Å². The molecule has 0 amide bonds. The number of ether oxygens (including phenoxy) is 2. The molecule has 2 N–H and O–H groups in total. The van der Waals surface area contributed by atoms with Crippen LogP contribution in [0.15, 0.2) is 17.1 Å². The third-order valence-corrected chi connectivity index (χ3v) is 5.03. The van der Waals surface area contributed by atoms with E-state index < -0.39 is 0 Å². The zero-order valence-electron chi connectivity index (χ0n) is 15.4. The summed E-state index contributed by atoms with van der Waals surface area (Å²) in [6.45, 7) is 7.15. The van der Waals surface area contributed by atoms with Crippen LogP contribution in [0.3, 0.4) is 0 Å². The van der Waals surface area contributed by atoms with E-state index in [1.807, 2.05) is 12.1 Å². The van der Waals surface area contributed by atoms with E-state index in [1.54, 1.807) is 7.05 Å². The van der Waals surface area contributed by atoms with Crippen LogP contribution in [0.25, 0.3) is 0 Å². The number of rotatable bonds is 5. The highest BCUT2D eigenvalue weighted by atomic mass is 127. The van der Waals surface area contributed by atoms with Crippen LogP contribution >= 0.6 is 35.6 Å². The number of halogens is 2. The maximum absolute atomic E-state index is 6.29. The molecule has 0 aliphatic carbocycles. The lowest BCUT2D eigenvalue weighted by Gasteiger charge is -2.24. The molecule has 1 saturated heterocycles. The molecule has 2 heterocycles. The van der Waals surface area contributed by atoms with Crippen LogP contribution in [0.1, 0.15) is 25.3 Å². The quantitative estimate of drug-likeness (QED) is 0.375. The Morgan fingerprint density at radius 2 is 2.12 bits per heavy atom. The van der Waals surface area contributed by atoms with E-state index in [9.17, 15) is 0 Å². The second-order valence-corrected chi connectivity index (χ2v) is 6.74. The Bertz CT molecular complexity index is 629. The number of hydrogen-bond acceptors (Lipinski definition) is 4. The molecule has 0 spiro atoms. The second kappa shape index (κ2) is 10.4. The van der Waals surface area contributed by atoms with Gasteiger partial charge in [-0.25, -0.2) is 0 Å². The van der Waals surface area contributed by atoms with Crippen molar-refractivity contribution in [2.24, 2.45) is 4.99 Å². The number of likely N-dealkylation sites (tertiary alicyclic amines) is 1. The average Bonchev–Trinajstić information content (AvgIpc) is 3.09. The minimum Gasteiger partial charge on any atom is -0.486 e. The molecule has 3 rings (SSSR count). The van der Waals surface area contributed by atoms with Crippen molar-refractivity contribution in [3.8, 4) is 11.5 Å². The molecular formula is C18H28ClIN4O2. The summed E-state index contributed by atoms with van der Waals surface area (Å²) >= 11 is 6.29. The van der Waals surface area contributed by atoms with Gasteiger partial charge in [0.05, 0.1) is 5.02 Å². The maximum Gasteiger partial charge on any atom is 0.191 e. The minimum atomic E-state index is 0. The van der Waals surface area contributed by atoms with Crippen molar-refractivity contribution in [1.82, 2.24) is 15.5 Å². The zero-order chi connectivity index (χ0) is 17.6. The highest BCUT2D eigenvalue weighted by Gasteiger charge is 2.22. The monoisotopic (exact) mass is 494 g/mol. The van der Waals surface area contributed by atoms with Crippen molar-refractivity contribution in [2.45, 2.75) is 32.4 Å². The summed E-state index contributed by atoms with van der Waals surface area (Å²) in [5.74, 6) is 2.15. The third-order valence-electron chi connectivity index (χ3n) is 4.75. The van der Waals surface area contributed by atoms with Gasteiger partial charge in [0.1, 0.15) is 13.2 Å². The molecule has 2 aliphatic rings. The van der Waals surface area contributed by atoms with Gasteiger partial charge in [0.15, 0.2) is 17.5 Å². The Balaban J connectivity index is 0.00000243. The van der Waals surface area contributed by atoms with Crippen LogP contribution in [0.4, 0.5) is 0 Å². The lowest BCUT2D eigenvalue weighted by Crippen LogP contribution is -2.44. The molecule has 146 valence electrons. The van der Waals surface area contributed by atoms with Crippen molar-refractivity contribution in [3.63, 3.8) is 0 Å². The van der Waals surface area contributed by atoms with Crippen molar-refractivity contribution >= 4 is 41.5 Å². The summed E-state index contributed by atoms with van der Waals surface area (Å²) in [6, 6.07) is 4.47. The molecule has 1 aromatic carbocycles. The van der Waals surface area contributed by atoms with E-state index in [1.165, 1.54) is 19.4 Å². The van der Waals surface area contributed by atoms with Crippen LogP contribution < -0.4 is 20.1 Å². The van der Waals surface area contributed by atoms with Crippen LogP contribution in [0.2, 0.25) is 5.02 Å². The largest absolute Gasteiger partial charge is 0.486 e. The van der Waals surface area contributed by atoms with Gasteiger partial charge in [0, 0.05) is 26.2 Å². The molecule has 0 aromatic heterocycles. The average molecular weight is 495 g/mol. The number of fused-ring (bicyclic) bond motifs is 1. The standard InChI is InChI=1S/C18H27ClN4O2.HI/c1-3-23-6-4-5-14(23)12-22-18(20-2)21-11-13-9-15(19)17-16(10-13)24-7-8-25-17;/h9-10,14H,3-8,11-12H2,1-2H3,(H2,20,21,22);1H. The van der Waals surface area contributed by atoms with Crippen LogP contribution in [0, 0.1) is 0 Å². The number of benzene rings is 1. The molecule has 2 aliphatic heterocycles. The van der Waals surface area contributed by atoms with Crippen molar-refractivity contribution in [1.29, 1.82) is 0 Å². The first-order valence-corrected chi connectivity index (χ1v) is 9.35. The van der Waals surface area contributed by atoms with Gasteiger partial charge in [-0.2, -0.15) is 0 Å². The molecule has 0 bridgehead atoms. The molecule has 0 saturated carbocycles. The summed E-state index contributed by atoms with van der Waals surface area (Å²) in [5.41, 5.74) is 1.04. The van der Waals surface area contributed by atoms with E-state index >= 15 is 0 Å². The fraction of sp³-hybridized carbons (Fsp3) is 0.611. The molecule has 6 nitrogen and oxygen atoms in total. The number of nitrogens with zero attached hydrogens (tertiary/aromatic N) is 2. The lowest BCUT2D eigenvalue weighted by molar-refractivity contribution is 0.171. The summed E-state index contributed by atoms with van der Waals surface area (Å²) < 4.78 is 11.2. The number of hydrogen-bond donors (Lipinski definition) is 2. The van der Waals surface area contributed by atoms with Gasteiger partial charge in [-0.1, -0.05) is 18.5 Å². The molecule has 8 heteroatoms. The smallest absolute Gasteiger partial charge is 0.191 e. The highest BCUT2D eigenvalue weighted by molar-refractivity contribution is 14.0. The molecule has 26 heavy (non-hydrogen) atoms. The second-order valence-electron chi connectivity index (χ2n) is 6.33. The van der Waals surface area contributed by atoms with Gasteiger partial charge in [-0.3, -0.25) is 9.89 Å². The fourth-order valence-corrected chi connectivity index (χ4v) is 3.72. The number of aliphatic imine (C=N–C) groups is 1. The van der Waals surface area contributed by atoms with Gasteiger partial charge < -0.3 is 20.1 Å². The Morgan fingerprint density at radius 1 is 1.31 bits per heavy atom. The maximum atomic E-state index is 6.29. The molecule has 1 atom stereocenters. The zero-order valence-corrected chi connectivity index (χ0v) is 18.5. The van der Waals surface area contributed by atoms with E-state index in [2.05, 4.69) is 27.4 Å². The lowest BCUT2D eigenvalue weighted by atomic mass is 10.2. The summed E-state index contributed by atoms with van der Waals surface area (Å²) in [5, 5.41) is 7.36. The predicted molar refractivity (Wildman–Crippen MR) is 116 cm³/mol. The summed E-state index contributed by atoms with van der Waals surface area (Å²) in [6.07, 6.45) is 2.53. The number of nitrogens with one attached hydrogen (secondary N) is 2. The van der Waals surface area contributed by atoms with Crippen molar-refractivity contribution in [2.75, 3.05) is 39.9 Å². The summed E-state index contributed by atoms with van der Waals surface area (Å²) in [4.78, 5) is 6.83. The van der Waals surface area contributed by atoms with Gasteiger partial charge in [0.2, 0.25) is 0 Å². The van der Waals surface area contributed by atoms with Gasteiger partial charge >= 0.3 is 0 Å². The first-order valence-electron chi connectivity index (χ1n) is 8.98. The van der Waals surface area contributed by atoms with Crippen LogP contribution in [-0.2, 0) is 6.54 Å². The molecular weight excluding hydrogens is 467 g/mol. The Hall–Kier alpha value is -0.930. The van der Waals surface area contributed by atoms with E-state index in [4.69, 9.17) is 21.1 Å². The Labute approximate surface area is 177 Å². The Morgan fingerprint density at radius 3 is 2.88 bits per heavy atom. The fourth-order valence-electron chi connectivity index (χ4n) is 3.43. The normalized spacial score (nSPS) is 19.8. The first kappa shape index (κ1) is 21.4. The molecule has 1 aromatic rings. The molecule has 1 unspecified atom stereocenters. The highest BCUT2D eigenvalue weighted by Crippen LogP contribution is 2.38. The van der Waals surface area contributed by atoms with E-state index in [0.717, 1.165) is 24.6 Å². The number of likely N-dealkylation sites (N-methyl/N-ethyl adjacent to an activating group) is 1. The molecule has 1 fully saturated rings. The van der Waals surface area contributed by atoms with Gasteiger partial charge in [-0.05, 0) is 43.6 Å². The van der Waals surface area contributed by atoms with Crippen LogP contribution in [-0.4, -0.2) is 56.8 Å². The van der Waals surface area contributed by atoms with Crippen molar-refractivity contribution < 1.29 is 9.47 Å². The molecule has 0 radical (unpaired) electrons. The SMILES string of the molecule is CCN1CCCC1CNC(=NC)NCc1cc(Cl)c2c(c1)OCCO2.I. The van der Waals surface area contributed by atoms with E-state index in [0.29, 0.717) is 42.3 Å². The topological polar surface area (TPSA) is 58.1 Å².